The van der Waals surface area contributed by atoms with E-state index in [1.807, 2.05) is 61.5 Å². The smallest absolute Gasteiger partial charge is 0.312 e. The Balaban J connectivity index is 2.22. The van der Waals surface area contributed by atoms with Crippen LogP contribution in [0.3, 0.4) is 0 Å². The lowest BCUT2D eigenvalue weighted by Crippen LogP contribution is -2.28. The number of H-pyrrole nitrogens is 2. The van der Waals surface area contributed by atoms with Crippen LogP contribution in [0.5, 0.6) is 0 Å². The molecule has 32 heavy (non-hydrogen) atoms. The Labute approximate surface area is 183 Å². The van der Waals surface area contributed by atoms with E-state index >= 15 is 0 Å². The number of fused-ring (bicyclic) bond motifs is 1. The summed E-state index contributed by atoms with van der Waals surface area (Å²) in [6, 6.07) is 30.9. The Morgan fingerprint density at radius 3 is 1.72 bits per heavy atom. The fourth-order valence-corrected chi connectivity index (χ4v) is 8.42. The van der Waals surface area contributed by atoms with Gasteiger partial charge < -0.3 is 9.40 Å². The zero-order valence-corrected chi connectivity index (χ0v) is 18.3. The maximum atomic E-state index is 12.1. The zero-order valence-electron chi connectivity index (χ0n) is 17.4. The number of hydrogen-bond acceptors (Lipinski definition) is 4. The van der Waals surface area contributed by atoms with Crippen LogP contribution in [-0.4, -0.2) is 15.0 Å². The number of nitrogens with zero attached hydrogens (tertiary/aromatic N) is 1. The van der Waals surface area contributed by atoms with E-state index in [9.17, 15) is 4.79 Å². The molecule has 0 saturated heterocycles. The molecule has 5 rings (SSSR count). The Bertz CT molecular complexity index is 1520. The molecule has 2 heterocycles. The highest BCUT2D eigenvalue weighted by Gasteiger charge is 2.28. The normalized spacial score (nSPS) is 11.5. The van der Waals surface area contributed by atoms with Crippen LogP contribution in [0.1, 0.15) is 5.82 Å². The largest absolute Gasteiger partial charge is 0.429 e. The summed E-state index contributed by atoms with van der Waals surface area (Å²) in [6.45, 7) is -0.655. The molecular weight excluding hydrogens is 419 g/mol. The van der Waals surface area contributed by atoms with Gasteiger partial charge in [0.15, 0.2) is 11.2 Å². The molecule has 0 saturated carbocycles. The van der Waals surface area contributed by atoms with Crippen molar-refractivity contribution in [2.24, 2.45) is 0 Å². The summed E-state index contributed by atoms with van der Waals surface area (Å²) in [7, 11) is 0. The lowest BCUT2D eigenvalue weighted by Gasteiger charge is -2.28. The van der Waals surface area contributed by atoms with Crippen LogP contribution in [0.15, 0.2) is 100 Å². The molecule has 7 heteroatoms. The first kappa shape index (κ1) is 20.0. The molecule has 3 aromatic carbocycles. The Kier molecular flexibility index (Phi) is 5.00. The van der Waals surface area contributed by atoms with Gasteiger partial charge in [-0.25, -0.2) is 4.98 Å². The summed E-state index contributed by atoms with van der Waals surface area (Å²) in [5.41, 5.74) is -0.357. The van der Waals surface area contributed by atoms with Gasteiger partial charge >= 0.3 is 5.56 Å². The van der Waals surface area contributed by atoms with Gasteiger partial charge in [-0.1, -0.05) is 91.0 Å². The number of nitrogens with one attached hydrogen (secondary N) is 3. The predicted molar refractivity (Wildman–Crippen MR) is 128 cm³/mol. The van der Waals surface area contributed by atoms with Crippen molar-refractivity contribution in [2.45, 2.75) is 6.92 Å². The van der Waals surface area contributed by atoms with Crippen LogP contribution < -0.4 is 27.0 Å². The second-order valence-electron chi connectivity index (χ2n) is 7.41. The molecule has 6 nitrogen and oxygen atoms in total. The lowest BCUT2D eigenvalue weighted by atomic mass is 10.4. The fourth-order valence-electron chi connectivity index (χ4n) is 4.11. The average Bonchev–Trinajstić information content (AvgIpc) is 2.83. The van der Waals surface area contributed by atoms with E-state index in [-0.39, 0.29) is 0 Å². The van der Waals surface area contributed by atoms with Crippen LogP contribution >= 0.6 is 6.89 Å². The van der Waals surface area contributed by atoms with Gasteiger partial charge in [0.1, 0.15) is 5.82 Å². The van der Waals surface area contributed by atoms with E-state index in [1.165, 1.54) is 0 Å². The molecule has 0 aliphatic heterocycles. The van der Waals surface area contributed by atoms with Crippen molar-refractivity contribution in [1.29, 1.82) is 5.41 Å². The number of aromatic nitrogens is 3. The quantitative estimate of drug-likeness (QED) is 0.376. The number of aryl methyl sites for hydroxylation is 1. The minimum atomic E-state index is -2.51. The monoisotopic (exact) mass is 440 g/mol. The number of aromatic amines is 2. The molecule has 158 valence electrons. The first-order chi connectivity index (χ1) is 15.6. The first-order valence-electron chi connectivity index (χ1n) is 10.2. The fraction of sp³-hybridized carbons (Fsp3) is 0.0400. The number of rotatable bonds is 3. The summed E-state index contributed by atoms with van der Waals surface area (Å²) in [5, 5.41) is 12.2. The molecule has 0 aliphatic rings. The van der Waals surface area contributed by atoms with Crippen molar-refractivity contribution >= 4 is 34.0 Å². The van der Waals surface area contributed by atoms with Crippen molar-refractivity contribution in [3.8, 4) is 0 Å². The Morgan fingerprint density at radius 1 is 0.781 bits per heavy atom. The van der Waals surface area contributed by atoms with E-state index in [0.29, 0.717) is 17.1 Å². The maximum absolute atomic E-state index is 12.1. The third-order valence-corrected chi connectivity index (χ3v) is 9.62. The van der Waals surface area contributed by atoms with Crippen LogP contribution in [0, 0.1) is 17.4 Å². The summed E-state index contributed by atoms with van der Waals surface area (Å²) in [6.07, 6.45) is 0. The van der Waals surface area contributed by atoms with Gasteiger partial charge in [0.25, 0.3) is 5.55 Å². The van der Waals surface area contributed by atoms with Crippen LogP contribution in [-0.2, 0) is 0 Å². The minimum Gasteiger partial charge on any atom is -0.429 e. The predicted octanol–water partition coefficient (Wildman–Crippen LogP) is 3.16. The summed E-state index contributed by atoms with van der Waals surface area (Å²) in [4.78, 5) is 22.8. The van der Waals surface area contributed by atoms with Gasteiger partial charge in [-0.15, -0.1) is 0 Å². The van der Waals surface area contributed by atoms with E-state index in [0.717, 1.165) is 21.0 Å². The van der Waals surface area contributed by atoms with Crippen LogP contribution in [0.4, 0.5) is 0 Å². The number of benzene rings is 3. The van der Waals surface area contributed by atoms with Crippen molar-refractivity contribution in [1.82, 2.24) is 15.0 Å². The summed E-state index contributed by atoms with van der Waals surface area (Å²) < 4.78 is 5.81. The molecule has 5 aromatic rings. The van der Waals surface area contributed by atoms with Crippen LogP contribution in [0.2, 0.25) is 0 Å². The molecule has 0 fully saturated rings. The van der Waals surface area contributed by atoms with E-state index < -0.39 is 18.0 Å². The van der Waals surface area contributed by atoms with E-state index in [4.69, 9.17) is 9.83 Å². The first-order valence-corrected chi connectivity index (χ1v) is 12.0. The van der Waals surface area contributed by atoms with Crippen molar-refractivity contribution in [2.75, 3.05) is 0 Å². The van der Waals surface area contributed by atoms with Gasteiger partial charge in [0, 0.05) is 6.89 Å². The highest BCUT2D eigenvalue weighted by molar-refractivity contribution is 7.89. The Morgan fingerprint density at radius 2 is 1.25 bits per heavy atom. The highest BCUT2D eigenvalue weighted by atomic mass is 31.2. The molecular formula is C25H21N4O2P. The zero-order chi connectivity index (χ0) is 22.1. The molecule has 0 radical (unpaired) electrons. The lowest BCUT2D eigenvalue weighted by molar-refractivity contribution is 0.513. The molecule has 0 aliphatic carbocycles. The van der Waals surface area contributed by atoms with Gasteiger partial charge in [-0.3, -0.25) is 15.2 Å². The van der Waals surface area contributed by atoms with E-state index in [1.54, 1.807) is 0 Å². The molecule has 0 unspecified atom stereocenters. The standard InChI is InChI=1S/C25H21N4O2P/c1-17-27-23-21(31-22(26)24(30)29-23)25(28-17)32(18-11-5-2-6-12-18,19-13-7-3-8-14-19)20-15-9-4-10-16-20/h2-16,26H,1H3,(H,27,28)(H,29,30). The Hall–Kier alpha value is -3.89. The molecule has 0 bridgehead atoms. The molecule has 3 N–H and O–H groups in total. The third-order valence-electron chi connectivity index (χ3n) is 5.42. The van der Waals surface area contributed by atoms with Crippen LogP contribution in [0.25, 0.3) is 11.2 Å². The number of hydrogen-bond donors (Lipinski definition) is 3. The average molecular weight is 440 g/mol. The highest BCUT2D eigenvalue weighted by Crippen LogP contribution is 2.48. The summed E-state index contributed by atoms with van der Waals surface area (Å²) >= 11 is 0. The molecule has 0 atom stereocenters. The van der Waals surface area contributed by atoms with Crippen molar-refractivity contribution < 1.29 is 4.42 Å². The molecule has 2 aromatic heterocycles. The molecule has 0 spiro atoms. The van der Waals surface area contributed by atoms with Gasteiger partial charge in [0.2, 0.25) is 0 Å². The minimum absolute atomic E-state index is 0.324. The SMILES string of the molecule is Cc1nc2[nH]c(=O)c(=N)oc2c(=P(c2ccccc2)(c2ccccc2)c2ccccc2)[nH]1. The second kappa shape index (κ2) is 7.98. The third kappa shape index (κ3) is 3.17. The van der Waals surface area contributed by atoms with Gasteiger partial charge in [-0.2, -0.15) is 0 Å². The van der Waals surface area contributed by atoms with E-state index in [2.05, 4.69) is 51.4 Å². The topological polar surface area (TPSA) is 98.5 Å². The van der Waals surface area contributed by atoms with Crippen molar-refractivity contribution in [3.05, 3.63) is 118 Å². The molecule has 0 amide bonds. The second-order valence-corrected chi connectivity index (χ2v) is 10.7. The van der Waals surface area contributed by atoms with Gasteiger partial charge in [-0.05, 0) is 22.8 Å². The summed E-state index contributed by atoms with van der Waals surface area (Å²) in [5.74, 6) is 0.642. The maximum Gasteiger partial charge on any atom is 0.312 e. The van der Waals surface area contributed by atoms with Crippen molar-refractivity contribution in [3.63, 3.8) is 0 Å². The van der Waals surface area contributed by atoms with Gasteiger partial charge in [0.05, 0.1) is 5.07 Å².